The number of amides is 1. The zero-order chi connectivity index (χ0) is 20.7. The lowest BCUT2D eigenvalue weighted by molar-refractivity contribution is 0.0950. The second-order valence-electron chi connectivity index (χ2n) is 6.21. The van der Waals surface area contributed by atoms with E-state index in [2.05, 4.69) is 21.1 Å². The first kappa shape index (κ1) is 20.3. The highest BCUT2D eigenvalue weighted by Crippen LogP contribution is 2.13. The van der Waals surface area contributed by atoms with Gasteiger partial charge in [0.25, 0.3) is 5.91 Å². The summed E-state index contributed by atoms with van der Waals surface area (Å²) in [7, 11) is -3.68. The van der Waals surface area contributed by atoms with Gasteiger partial charge in [0.2, 0.25) is 10.0 Å². The zero-order valence-electron chi connectivity index (χ0n) is 15.6. The largest absolute Gasteiger partial charge is 0.348 e. The predicted molar refractivity (Wildman–Crippen MR) is 109 cm³/mol. The van der Waals surface area contributed by atoms with Crippen LogP contribution in [-0.4, -0.2) is 30.7 Å². The molecular formula is C21H20N4O3S. The quantitative estimate of drug-likeness (QED) is 0.556. The third kappa shape index (κ3) is 5.31. The summed E-state index contributed by atoms with van der Waals surface area (Å²) in [4.78, 5) is 12.5. The average Bonchev–Trinajstić information content (AvgIpc) is 3.24. The third-order valence-corrected chi connectivity index (χ3v) is 5.66. The number of benzene rings is 2. The van der Waals surface area contributed by atoms with Gasteiger partial charge in [-0.3, -0.25) is 9.48 Å². The van der Waals surface area contributed by atoms with Crippen molar-refractivity contribution in [2.24, 2.45) is 0 Å². The molecule has 2 N–H and O–H groups in total. The molecule has 0 atom stereocenters. The molecule has 29 heavy (non-hydrogen) atoms. The molecule has 0 aliphatic carbocycles. The average molecular weight is 408 g/mol. The molecule has 3 aromatic rings. The van der Waals surface area contributed by atoms with Crippen LogP contribution in [-0.2, 0) is 23.1 Å². The van der Waals surface area contributed by atoms with Crippen molar-refractivity contribution >= 4 is 15.9 Å². The fourth-order valence-corrected chi connectivity index (χ4v) is 3.67. The van der Waals surface area contributed by atoms with E-state index in [1.807, 2.05) is 41.2 Å². The van der Waals surface area contributed by atoms with Crippen LogP contribution in [0.1, 0.15) is 21.5 Å². The van der Waals surface area contributed by atoms with Crippen LogP contribution in [0.15, 0.2) is 71.9 Å². The van der Waals surface area contributed by atoms with Gasteiger partial charge >= 0.3 is 0 Å². The molecule has 3 rings (SSSR count). The van der Waals surface area contributed by atoms with Crippen molar-refractivity contribution in [2.75, 3.05) is 6.54 Å². The highest BCUT2D eigenvalue weighted by molar-refractivity contribution is 7.89. The van der Waals surface area contributed by atoms with E-state index >= 15 is 0 Å². The number of nitrogens with one attached hydrogen (secondary N) is 2. The van der Waals surface area contributed by atoms with Crippen LogP contribution in [0.5, 0.6) is 0 Å². The van der Waals surface area contributed by atoms with E-state index in [0.29, 0.717) is 18.7 Å². The first-order chi connectivity index (χ1) is 14.0. The van der Waals surface area contributed by atoms with E-state index < -0.39 is 10.0 Å². The lowest BCUT2D eigenvalue weighted by Crippen LogP contribution is -2.25. The molecule has 0 saturated heterocycles. The second kappa shape index (κ2) is 9.19. The molecule has 2 aromatic carbocycles. The van der Waals surface area contributed by atoms with Crippen molar-refractivity contribution in [1.29, 1.82) is 0 Å². The van der Waals surface area contributed by atoms with E-state index in [1.54, 1.807) is 6.20 Å². The Morgan fingerprint density at radius 1 is 1.07 bits per heavy atom. The summed E-state index contributed by atoms with van der Waals surface area (Å²) in [6.45, 7) is 0.860. The normalized spacial score (nSPS) is 11.0. The Balaban J connectivity index is 1.65. The van der Waals surface area contributed by atoms with Gasteiger partial charge in [0.05, 0.1) is 18.0 Å². The van der Waals surface area contributed by atoms with Crippen LogP contribution in [0.4, 0.5) is 0 Å². The number of carbonyl (C=O) groups excluding carboxylic acids is 1. The van der Waals surface area contributed by atoms with Gasteiger partial charge in [-0.25, -0.2) is 8.42 Å². The smallest absolute Gasteiger partial charge is 0.251 e. The van der Waals surface area contributed by atoms with Crippen LogP contribution in [0.25, 0.3) is 0 Å². The van der Waals surface area contributed by atoms with Crippen molar-refractivity contribution in [3.8, 4) is 12.3 Å². The molecular weight excluding hydrogens is 388 g/mol. The first-order valence-electron chi connectivity index (χ1n) is 8.85. The summed E-state index contributed by atoms with van der Waals surface area (Å²) >= 11 is 0. The highest BCUT2D eigenvalue weighted by Gasteiger charge is 2.14. The fourth-order valence-electron chi connectivity index (χ4n) is 2.74. The number of aromatic nitrogens is 2. The molecule has 148 valence electrons. The summed E-state index contributed by atoms with van der Waals surface area (Å²) in [6.07, 6.45) is 8.67. The topological polar surface area (TPSA) is 93.1 Å². The SMILES string of the molecule is C#CCNS(=O)(=O)c1ccc(C(=O)NCc2ccccc2Cn2cccn2)cc1. The summed E-state index contributed by atoms with van der Waals surface area (Å²) in [5.41, 5.74) is 2.40. The Morgan fingerprint density at radius 3 is 2.45 bits per heavy atom. The predicted octanol–water partition coefficient (Wildman–Crippen LogP) is 1.77. The van der Waals surface area contributed by atoms with Gasteiger partial charge in [-0.1, -0.05) is 30.2 Å². The number of hydrogen-bond donors (Lipinski definition) is 2. The highest BCUT2D eigenvalue weighted by atomic mass is 32.2. The fraction of sp³-hybridized carbons (Fsp3) is 0.143. The van der Waals surface area contributed by atoms with Gasteiger partial charge in [-0.2, -0.15) is 9.82 Å². The lowest BCUT2D eigenvalue weighted by atomic mass is 10.1. The minimum Gasteiger partial charge on any atom is -0.348 e. The number of sulfonamides is 1. The molecule has 0 bridgehead atoms. The molecule has 0 aliphatic rings. The molecule has 0 unspecified atom stereocenters. The number of terminal acetylenes is 1. The third-order valence-electron chi connectivity index (χ3n) is 4.24. The number of carbonyl (C=O) groups is 1. The van der Waals surface area contributed by atoms with E-state index in [4.69, 9.17) is 6.42 Å². The molecule has 0 aliphatic heterocycles. The van der Waals surface area contributed by atoms with Crippen LogP contribution >= 0.6 is 0 Å². The lowest BCUT2D eigenvalue weighted by Gasteiger charge is -2.11. The van der Waals surface area contributed by atoms with E-state index in [0.717, 1.165) is 11.1 Å². The second-order valence-corrected chi connectivity index (χ2v) is 7.98. The van der Waals surface area contributed by atoms with Crippen molar-refractivity contribution in [3.63, 3.8) is 0 Å². The Kier molecular flexibility index (Phi) is 6.44. The maximum atomic E-state index is 12.5. The van der Waals surface area contributed by atoms with Gasteiger partial charge in [0, 0.05) is 24.5 Å². The van der Waals surface area contributed by atoms with Crippen LogP contribution in [0.3, 0.4) is 0 Å². The maximum absolute atomic E-state index is 12.5. The standard InChI is InChI=1S/C21H20N4O3S/c1-2-12-24-29(27,28)20-10-8-17(9-11-20)21(26)22-15-18-6-3-4-7-19(18)16-25-14-5-13-23-25/h1,3-11,13-14,24H,12,15-16H2,(H,22,26). The van der Waals surface area contributed by atoms with Crippen molar-refractivity contribution < 1.29 is 13.2 Å². The van der Waals surface area contributed by atoms with Gasteiger partial charge < -0.3 is 5.32 Å². The maximum Gasteiger partial charge on any atom is 0.251 e. The molecule has 1 amide bonds. The molecule has 0 fully saturated rings. The molecule has 8 heteroatoms. The number of hydrogen-bond acceptors (Lipinski definition) is 4. The summed E-state index contributed by atoms with van der Waals surface area (Å²) < 4.78 is 28.2. The number of nitrogens with zero attached hydrogens (tertiary/aromatic N) is 2. The van der Waals surface area contributed by atoms with E-state index in [-0.39, 0.29) is 17.3 Å². The van der Waals surface area contributed by atoms with Gasteiger partial charge in [-0.15, -0.1) is 6.42 Å². The van der Waals surface area contributed by atoms with E-state index in [9.17, 15) is 13.2 Å². The number of rotatable bonds is 8. The van der Waals surface area contributed by atoms with Crippen molar-refractivity contribution in [2.45, 2.75) is 18.0 Å². The van der Waals surface area contributed by atoms with Gasteiger partial charge in [0.15, 0.2) is 0 Å². The molecule has 0 spiro atoms. The first-order valence-corrected chi connectivity index (χ1v) is 10.3. The van der Waals surface area contributed by atoms with E-state index in [1.165, 1.54) is 24.3 Å². The van der Waals surface area contributed by atoms with Crippen LogP contribution in [0, 0.1) is 12.3 Å². The Labute approximate surface area is 169 Å². The minimum atomic E-state index is -3.68. The van der Waals surface area contributed by atoms with Crippen LogP contribution in [0.2, 0.25) is 0 Å². The summed E-state index contributed by atoms with van der Waals surface area (Å²) in [6, 6.07) is 15.3. The van der Waals surface area contributed by atoms with Crippen molar-refractivity contribution in [3.05, 3.63) is 83.7 Å². The minimum absolute atomic E-state index is 0.0499. The zero-order valence-corrected chi connectivity index (χ0v) is 16.4. The Hall–Kier alpha value is -3.41. The molecule has 1 heterocycles. The van der Waals surface area contributed by atoms with Gasteiger partial charge in [0.1, 0.15) is 0 Å². The Bertz CT molecular complexity index is 1120. The molecule has 0 saturated carbocycles. The van der Waals surface area contributed by atoms with Gasteiger partial charge in [-0.05, 0) is 41.5 Å². The Morgan fingerprint density at radius 2 is 1.79 bits per heavy atom. The monoisotopic (exact) mass is 408 g/mol. The summed E-state index contributed by atoms with van der Waals surface area (Å²) in [5.74, 6) is 1.92. The molecule has 7 nitrogen and oxygen atoms in total. The summed E-state index contributed by atoms with van der Waals surface area (Å²) in [5, 5.41) is 7.07. The van der Waals surface area contributed by atoms with Crippen LogP contribution < -0.4 is 10.0 Å². The van der Waals surface area contributed by atoms with Crippen molar-refractivity contribution in [1.82, 2.24) is 19.8 Å². The molecule has 0 radical (unpaired) electrons. The molecule has 1 aromatic heterocycles.